The lowest BCUT2D eigenvalue weighted by Gasteiger charge is -2.46. The number of aliphatic hydroxyl groups excluding tert-OH is 6. The van der Waals surface area contributed by atoms with Gasteiger partial charge < -0.3 is 49.6 Å². The Balaban J connectivity index is 2.12. The van der Waals surface area contributed by atoms with Gasteiger partial charge in [-0.15, -0.1) is 0 Å². The Morgan fingerprint density at radius 2 is 1.42 bits per heavy atom. The second-order valence-corrected chi connectivity index (χ2v) is 6.34. The molecule has 2 fully saturated rings. The van der Waals surface area contributed by atoms with Crippen molar-refractivity contribution in [1.29, 1.82) is 0 Å². The highest BCUT2D eigenvalue weighted by Crippen LogP contribution is 2.31. The van der Waals surface area contributed by atoms with Gasteiger partial charge in [0.1, 0.15) is 36.6 Å². The Kier molecular flexibility index (Phi) is 7.22. The molecule has 0 saturated carbocycles. The monoisotopic (exact) mass is 372 g/mol. The van der Waals surface area contributed by atoms with E-state index >= 15 is 0 Å². The summed E-state index contributed by atoms with van der Waals surface area (Å²) in [6.45, 7) is -1.13. The van der Waals surface area contributed by atoms with Gasteiger partial charge in [0.15, 0.2) is 12.6 Å². The zero-order valence-corrected chi connectivity index (χ0v) is 13.8. The number of aliphatic hydroxyl groups is 6. The van der Waals surface area contributed by atoms with Crippen LogP contribution in [0.4, 0.5) is 0 Å². The predicted molar refractivity (Wildman–Crippen MR) is 80.2 cm³/mol. The van der Waals surface area contributed by atoms with Crippen LogP contribution in [0.5, 0.6) is 0 Å². The number of rotatable bonds is 5. The van der Waals surface area contributed by atoms with Crippen LogP contribution < -0.4 is 0 Å². The molecule has 0 aliphatic carbocycles. The summed E-state index contributed by atoms with van der Waals surface area (Å²) in [7, 11) is 1.35. The third-order valence-electron chi connectivity index (χ3n) is 4.19. The van der Waals surface area contributed by atoms with Crippen LogP contribution in [-0.2, 0) is 18.9 Å². The summed E-state index contributed by atoms with van der Waals surface area (Å²) in [6, 6.07) is 0. The molecule has 10 nitrogen and oxygen atoms in total. The standard InChI is InChI=1S/C13H24O10S/c1-20-13-11(24)9(19)10(5(3-15)22-13)23-12-8(18)7(17)6(16)4(2-14)21-12/h4-19,24H,2-3H2,1H3/t4-,5-,6-,7+,8-,9+,10-,11-,12-,13-/m1/s1. The molecule has 24 heavy (non-hydrogen) atoms. The molecule has 0 aromatic carbocycles. The number of methoxy groups -OCH3 is 1. The maximum Gasteiger partial charge on any atom is 0.187 e. The Morgan fingerprint density at radius 1 is 0.833 bits per heavy atom. The van der Waals surface area contributed by atoms with Gasteiger partial charge in [-0.3, -0.25) is 0 Å². The third kappa shape index (κ3) is 3.86. The van der Waals surface area contributed by atoms with Crippen molar-refractivity contribution in [3.63, 3.8) is 0 Å². The number of thiol groups is 1. The van der Waals surface area contributed by atoms with Crippen molar-refractivity contribution in [1.82, 2.24) is 0 Å². The molecule has 0 amide bonds. The zero-order chi connectivity index (χ0) is 18.0. The lowest BCUT2D eigenvalue weighted by atomic mass is 9.98. The van der Waals surface area contributed by atoms with Crippen molar-refractivity contribution in [3.8, 4) is 0 Å². The highest BCUT2D eigenvalue weighted by Gasteiger charge is 2.50. The minimum atomic E-state index is -1.63. The molecule has 10 atom stereocenters. The normalized spacial score (nSPS) is 50.0. The summed E-state index contributed by atoms with van der Waals surface area (Å²) < 4.78 is 21.2. The quantitative estimate of drug-likeness (QED) is 0.239. The van der Waals surface area contributed by atoms with Crippen LogP contribution in [0.25, 0.3) is 0 Å². The van der Waals surface area contributed by atoms with Crippen LogP contribution in [-0.4, -0.2) is 112 Å². The van der Waals surface area contributed by atoms with Gasteiger partial charge in [-0.1, -0.05) is 0 Å². The zero-order valence-electron chi connectivity index (χ0n) is 13.0. The second kappa shape index (κ2) is 8.56. The largest absolute Gasteiger partial charge is 0.394 e. The van der Waals surface area contributed by atoms with Gasteiger partial charge in [0.25, 0.3) is 0 Å². The number of hydrogen-bond donors (Lipinski definition) is 7. The topological polar surface area (TPSA) is 158 Å². The van der Waals surface area contributed by atoms with Crippen LogP contribution in [0.15, 0.2) is 0 Å². The molecule has 0 radical (unpaired) electrons. The molecule has 0 bridgehead atoms. The van der Waals surface area contributed by atoms with Gasteiger partial charge in [-0.05, 0) is 0 Å². The van der Waals surface area contributed by atoms with Crippen LogP contribution in [0.2, 0.25) is 0 Å². The van der Waals surface area contributed by atoms with E-state index in [9.17, 15) is 30.6 Å². The molecule has 2 rings (SSSR count). The fraction of sp³-hybridized carbons (Fsp3) is 1.00. The summed E-state index contributed by atoms with van der Waals surface area (Å²) in [5.74, 6) is 0. The van der Waals surface area contributed by atoms with E-state index in [1.165, 1.54) is 7.11 Å². The SMILES string of the molecule is CO[C@@H]1O[C@H](CO)[C@@H](O[C@H]2O[C@H](CO)[C@@H](O)[C@H](O)[C@H]2O)[C@H](O)[C@H]1S. The lowest BCUT2D eigenvalue weighted by molar-refractivity contribution is -0.342. The van der Waals surface area contributed by atoms with E-state index in [0.29, 0.717) is 0 Å². The molecule has 11 heteroatoms. The summed E-state index contributed by atoms with van der Waals surface area (Å²) in [5, 5.41) is 57.6. The highest BCUT2D eigenvalue weighted by molar-refractivity contribution is 7.81. The van der Waals surface area contributed by atoms with E-state index in [-0.39, 0.29) is 0 Å². The molecular formula is C13H24O10S. The van der Waals surface area contributed by atoms with Crippen LogP contribution in [0.3, 0.4) is 0 Å². The van der Waals surface area contributed by atoms with E-state index in [0.717, 1.165) is 0 Å². The smallest absolute Gasteiger partial charge is 0.187 e. The van der Waals surface area contributed by atoms with Crippen molar-refractivity contribution >= 4 is 12.6 Å². The molecular weight excluding hydrogens is 348 g/mol. The van der Waals surface area contributed by atoms with E-state index < -0.39 is 73.8 Å². The Labute approximate surface area is 143 Å². The molecule has 2 saturated heterocycles. The van der Waals surface area contributed by atoms with Gasteiger partial charge in [0.05, 0.1) is 24.6 Å². The highest BCUT2D eigenvalue weighted by atomic mass is 32.1. The first kappa shape index (κ1) is 20.3. The maximum atomic E-state index is 10.3. The van der Waals surface area contributed by atoms with E-state index in [1.807, 2.05) is 0 Å². The average molecular weight is 372 g/mol. The first-order valence-electron chi connectivity index (χ1n) is 7.46. The number of hydrogen-bond acceptors (Lipinski definition) is 11. The third-order valence-corrected chi connectivity index (χ3v) is 4.74. The van der Waals surface area contributed by atoms with Gasteiger partial charge in [0, 0.05) is 7.11 Å². The first-order valence-corrected chi connectivity index (χ1v) is 7.98. The molecule has 142 valence electrons. The fourth-order valence-corrected chi connectivity index (χ4v) is 3.11. The molecule has 6 N–H and O–H groups in total. The number of ether oxygens (including phenoxy) is 4. The van der Waals surface area contributed by atoms with Gasteiger partial charge in [-0.25, -0.2) is 0 Å². The lowest BCUT2D eigenvalue weighted by Crippen LogP contribution is -2.63. The predicted octanol–water partition coefficient (Wildman–Crippen LogP) is -3.81. The minimum absolute atomic E-state index is 0.514. The molecule has 2 aliphatic heterocycles. The van der Waals surface area contributed by atoms with Crippen LogP contribution in [0, 0.1) is 0 Å². The fourth-order valence-electron chi connectivity index (χ4n) is 2.75. The summed E-state index contributed by atoms with van der Waals surface area (Å²) in [5.41, 5.74) is 0. The van der Waals surface area contributed by atoms with Crippen molar-refractivity contribution in [3.05, 3.63) is 0 Å². The first-order chi connectivity index (χ1) is 11.3. The Bertz CT molecular complexity index is 397. The minimum Gasteiger partial charge on any atom is -0.394 e. The molecule has 2 aliphatic rings. The Morgan fingerprint density at radius 3 is 1.96 bits per heavy atom. The van der Waals surface area contributed by atoms with Gasteiger partial charge in [-0.2, -0.15) is 12.6 Å². The average Bonchev–Trinajstić information content (AvgIpc) is 2.59. The summed E-state index contributed by atoms with van der Waals surface area (Å²) >= 11 is 4.18. The summed E-state index contributed by atoms with van der Waals surface area (Å²) in [4.78, 5) is 0. The molecule has 2 heterocycles. The van der Waals surface area contributed by atoms with Crippen molar-refractivity contribution < 1.29 is 49.6 Å². The van der Waals surface area contributed by atoms with E-state index in [1.54, 1.807) is 0 Å². The van der Waals surface area contributed by atoms with E-state index in [4.69, 9.17) is 18.9 Å². The molecule has 0 unspecified atom stereocenters. The molecule has 0 aromatic heterocycles. The van der Waals surface area contributed by atoms with E-state index in [2.05, 4.69) is 12.6 Å². The van der Waals surface area contributed by atoms with Crippen molar-refractivity contribution in [2.45, 2.75) is 60.6 Å². The summed E-state index contributed by atoms with van der Waals surface area (Å²) in [6.07, 6.45) is -11.7. The second-order valence-electron chi connectivity index (χ2n) is 5.74. The molecule has 0 spiro atoms. The maximum absolute atomic E-state index is 10.3. The van der Waals surface area contributed by atoms with Crippen LogP contribution >= 0.6 is 12.6 Å². The van der Waals surface area contributed by atoms with Gasteiger partial charge in [0.2, 0.25) is 0 Å². The van der Waals surface area contributed by atoms with Crippen LogP contribution in [0.1, 0.15) is 0 Å². The Hall–Kier alpha value is -0.0500. The van der Waals surface area contributed by atoms with Crippen molar-refractivity contribution in [2.75, 3.05) is 20.3 Å². The van der Waals surface area contributed by atoms with Crippen molar-refractivity contribution in [2.24, 2.45) is 0 Å². The van der Waals surface area contributed by atoms with Gasteiger partial charge >= 0.3 is 0 Å². The molecule has 0 aromatic rings.